The molecule has 0 saturated heterocycles. The molecule has 3 N–H and O–H groups in total. The number of rotatable bonds is 5. The van der Waals surface area contributed by atoms with Gasteiger partial charge in [-0.05, 0) is 36.6 Å². The van der Waals surface area contributed by atoms with Crippen molar-refractivity contribution < 1.29 is 0 Å². The van der Waals surface area contributed by atoms with E-state index < -0.39 is 0 Å². The van der Waals surface area contributed by atoms with Crippen LogP contribution >= 0.6 is 12.2 Å². The number of nitrogens with one attached hydrogen (secondary N) is 1. The van der Waals surface area contributed by atoms with Crippen LogP contribution in [0.4, 0.5) is 5.69 Å². The van der Waals surface area contributed by atoms with Crippen molar-refractivity contribution in [2.75, 3.05) is 11.9 Å². The van der Waals surface area contributed by atoms with Crippen LogP contribution < -0.4 is 11.1 Å². The zero-order valence-corrected chi connectivity index (χ0v) is 11.0. The molecule has 0 radical (unpaired) electrons. The fourth-order valence-corrected chi connectivity index (χ4v) is 1.57. The van der Waals surface area contributed by atoms with Crippen molar-refractivity contribution in [3.05, 3.63) is 29.3 Å². The molecule has 0 aliphatic carbocycles. The second-order valence-electron chi connectivity index (χ2n) is 4.29. The van der Waals surface area contributed by atoms with Gasteiger partial charge in [0, 0.05) is 17.8 Å². The highest BCUT2D eigenvalue weighted by Crippen LogP contribution is 2.17. The van der Waals surface area contributed by atoms with Crippen LogP contribution in [0.25, 0.3) is 0 Å². The number of benzene rings is 1. The van der Waals surface area contributed by atoms with Crippen molar-refractivity contribution in [1.82, 2.24) is 0 Å². The SMILES string of the molecule is CCC(C)CNc1ccc(C(N)=S)cc1C. The van der Waals surface area contributed by atoms with Crippen LogP contribution in [0, 0.1) is 12.8 Å². The normalized spacial score (nSPS) is 12.2. The minimum absolute atomic E-state index is 0.455. The van der Waals surface area contributed by atoms with Crippen molar-refractivity contribution in [2.45, 2.75) is 27.2 Å². The van der Waals surface area contributed by atoms with E-state index >= 15 is 0 Å². The predicted octanol–water partition coefficient (Wildman–Crippen LogP) is 3.09. The van der Waals surface area contributed by atoms with Gasteiger partial charge < -0.3 is 11.1 Å². The van der Waals surface area contributed by atoms with E-state index in [4.69, 9.17) is 18.0 Å². The van der Waals surface area contributed by atoms with Crippen LogP contribution in [-0.2, 0) is 0 Å². The Kier molecular flexibility index (Phi) is 4.74. The number of thiocarbonyl (C=S) groups is 1. The predicted molar refractivity (Wildman–Crippen MR) is 75.0 cm³/mol. The van der Waals surface area contributed by atoms with E-state index in [1.165, 1.54) is 17.7 Å². The summed E-state index contributed by atoms with van der Waals surface area (Å²) in [4.78, 5) is 0.455. The zero-order chi connectivity index (χ0) is 12.1. The topological polar surface area (TPSA) is 38.0 Å². The molecule has 0 bridgehead atoms. The molecular weight excluding hydrogens is 216 g/mol. The molecule has 0 fully saturated rings. The van der Waals surface area contributed by atoms with Crippen molar-refractivity contribution >= 4 is 22.9 Å². The second kappa shape index (κ2) is 5.85. The lowest BCUT2D eigenvalue weighted by atomic mass is 10.1. The highest BCUT2D eigenvalue weighted by Gasteiger charge is 2.03. The number of aryl methyl sites for hydroxylation is 1. The van der Waals surface area contributed by atoms with Gasteiger partial charge in [0.15, 0.2) is 0 Å². The largest absolute Gasteiger partial charge is 0.389 e. The first-order valence-corrected chi connectivity index (χ1v) is 6.09. The maximum Gasteiger partial charge on any atom is 0.103 e. The van der Waals surface area contributed by atoms with Crippen molar-refractivity contribution in [3.63, 3.8) is 0 Å². The Hall–Kier alpha value is -1.09. The Balaban J connectivity index is 2.72. The number of hydrogen-bond acceptors (Lipinski definition) is 2. The smallest absolute Gasteiger partial charge is 0.103 e. The van der Waals surface area contributed by atoms with E-state index in [2.05, 4.69) is 26.1 Å². The molecule has 1 unspecified atom stereocenters. The maximum atomic E-state index is 5.59. The second-order valence-corrected chi connectivity index (χ2v) is 4.73. The van der Waals surface area contributed by atoms with Crippen LogP contribution in [0.1, 0.15) is 31.4 Å². The molecule has 3 heteroatoms. The highest BCUT2D eigenvalue weighted by molar-refractivity contribution is 7.80. The van der Waals surface area contributed by atoms with Gasteiger partial charge in [-0.2, -0.15) is 0 Å². The molecule has 1 aromatic rings. The minimum atomic E-state index is 0.455. The molecule has 0 amide bonds. The molecule has 1 atom stereocenters. The first-order valence-electron chi connectivity index (χ1n) is 5.69. The summed E-state index contributed by atoms with van der Waals surface area (Å²) in [5.41, 5.74) is 8.87. The summed E-state index contributed by atoms with van der Waals surface area (Å²) in [6.07, 6.45) is 1.19. The molecule has 2 nitrogen and oxygen atoms in total. The van der Waals surface area contributed by atoms with Crippen LogP contribution in [0.2, 0.25) is 0 Å². The van der Waals surface area contributed by atoms with E-state index in [9.17, 15) is 0 Å². The lowest BCUT2D eigenvalue weighted by Gasteiger charge is -2.14. The molecule has 1 rings (SSSR count). The summed E-state index contributed by atoms with van der Waals surface area (Å²) >= 11 is 4.95. The van der Waals surface area contributed by atoms with Gasteiger partial charge in [-0.1, -0.05) is 32.5 Å². The first kappa shape index (κ1) is 13.0. The van der Waals surface area contributed by atoms with Gasteiger partial charge in [0.1, 0.15) is 4.99 Å². The summed E-state index contributed by atoms with van der Waals surface area (Å²) in [5, 5.41) is 3.45. The lowest BCUT2D eigenvalue weighted by Crippen LogP contribution is -2.13. The van der Waals surface area contributed by atoms with Gasteiger partial charge in [0.2, 0.25) is 0 Å². The van der Waals surface area contributed by atoms with Crippen molar-refractivity contribution in [1.29, 1.82) is 0 Å². The Bertz CT molecular complexity index is 374. The van der Waals surface area contributed by atoms with Gasteiger partial charge in [0.05, 0.1) is 0 Å². The molecule has 0 aliphatic rings. The number of anilines is 1. The Morgan fingerprint density at radius 1 is 1.50 bits per heavy atom. The van der Waals surface area contributed by atoms with Crippen LogP contribution in [0.3, 0.4) is 0 Å². The molecule has 88 valence electrons. The standard InChI is InChI=1S/C13H20N2S/c1-4-9(2)8-15-12-6-5-11(13(14)16)7-10(12)3/h5-7,9,15H,4,8H2,1-3H3,(H2,14,16). The average molecular weight is 236 g/mol. The van der Waals surface area contributed by atoms with E-state index in [-0.39, 0.29) is 0 Å². The molecule has 1 aromatic carbocycles. The minimum Gasteiger partial charge on any atom is -0.389 e. The van der Waals surface area contributed by atoms with Gasteiger partial charge in [-0.25, -0.2) is 0 Å². The molecule has 0 heterocycles. The summed E-state index contributed by atoms with van der Waals surface area (Å²) < 4.78 is 0. The van der Waals surface area contributed by atoms with E-state index in [0.29, 0.717) is 10.9 Å². The van der Waals surface area contributed by atoms with Gasteiger partial charge in [-0.3, -0.25) is 0 Å². The molecule has 0 spiro atoms. The van der Waals surface area contributed by atoms with Crippen LogP contribution in [0.5, 0.6) is 0 Å². The Morgan fingerprint density at radius 2 is 2.19 bits per heavy atom. The Morgan fingerprint density at radius 3 is 2.69 bits per heavy atom. The quantitative estimate of drug-likeness (QED) is 0.772. The fourth-order valence-electron chi connectivity index (χ4n) is 1.44. The summed E-state index contributed by atoms with van der Waals surface area (Å²) in [6, 6.07) is 6.04. The average Bonchev–Trinajstić information content (AvgIpc) is 2.26. The molecule has 16 heavy (non-hydrogen) atoms. The number of hydrogen-bond donors (Lipinski definition) is 2. The summed E-state index contributed by atoms with van der Waals surface area (Å²) in [7, 11) is 0. The van der Waals surface area contributed by atoms with Gasteiger partial charge >= 0.3 is 0 Å². The maximum absolute atomic E-state index is 5.59. The van der Waals surface area contributed by atoms with Gasteiger partial charge in [-0.15, -0.1) is 0 Å². The fraction of sp³-hybridized carbons (Fsp3) is 0.462. The third-order valence-corrected chi connectivity index (χ3v) is 3.08. The molecule has 0 saturated carbocycles. The third kappa shape index (κ3) is 3.49. The van der Waals surface area contributed by atoms with E-state index in [0.717, 1.165) is 12.1 Å². The zero-order valence-electron chi connectivity index (χ0n) is 10.2. The highest BCUT2D eigenvalue weighted by atomic mass is 32.1. The monoisotopic (exact) mass is 236 g/mol. The van der Waals surface area contributed by atoms with Crippen LogP contribution in [0.15, 0.2) is 18.2 Å². The summed E-state index contributed by atoms with van der Waals surface area (Å²) in [5.74, 6) is 0.690. The van der Waals surface area contributed by atoms with E-state index in [1.807, 2.05) is 18.2 Å². The molecule has 0 aliphatic heterocycles. The number of nitrogens with two attached hydrogens (primary N) is 1. The Labute approximate surface area is 103 Å². The molecule has 0 aromatic heterocycles. The van der Waals surface area contributed by atoms with Crippen molar-refractivity contribution in [2.24, 2.45) is 11.7 Å². The third-order valence-electron chi connectivity index (χ3n) is 2.85. The lowest BCUT2D eigenvalue weighted by molar-refractivity contribution is 0.593. The van der Waals surface area contributed by atoms with E-state index in [1.54, 1.807) is 0 Å². The van der Waals surface area contributed by atoms with Crippen molar-refractivity contribution in [3.8, 4) is 0 Å². The van der Waals surface area contributed by atoms with Gasteiger partial charge in [0.25, 0.3) is 0 Å². The summed E-state index contributed by atoms with van der Waals surface area (Å²) in [6.45, 7) is 7.52. The molecular formula is C13H20N2S. The first-order chi connectivity index (χ1) is 7.54. The van der Waals surface area contributed by atoms with Crippen LogP contribution in [-0.4, -0.2) is 11.5 Å².